The number of benzene rings is 3. The van der Waals surface area contributed by atoms with E-state index in [4.69, 9.17) is 21.1 Å². The lowest BCUT2D eigenvalue weighted by Gasteiger charge is -2.11. The van der Waals surface area contributed by atoms with Crippen LogP contribution in [0, 0.1) is 17.3 Å². The Bertz CT molecular complexity index is 1350. The summed E-state index contributed by atoms with van der Waals surface area (Å²) >= 11 is 13.6. The summed E-state index contributed by atoms with van der Waals surface area (Å²) in [4.78, 5) is 27.1. The fourth-order valence-electron chi connectivity index (χ4n) is 3.01. The number of carbonyl (C=O) groups is 1. The average Bonchev–Trinajstić information content (AvgIpc) is 3.14. The molecular weight excluding hydrogens is 753 g/mol. The molecular formula is C23H12BrClI2N2O5. The SMILES string of the molecule is O=C1OC(c2ccc(Cl)c([N+](=O)[O-])c2)=N/C1=C\c1cc(I)c(OCc2ccc(Br)cc2)c(I)c1. The zero-order valence-corrected chi connectivity index (χ0v) is 23.6. The van der Waals surface area contributed by atoms with Crippen molar-refractivity contribution in [1.82, 2.24) is 0 Å². The predicted molar refractivity (Wildman–Crippen MR) is 149 cm³/mol. The molecule has 172 valence electrons. The highest BCUT2D eigenvalue weighted by atomic mass is 127. The molecule has 3 aromatic rings. The number of cyclic esters (lactones) is 1. The molecule has 1 aliphatic rings. The molecule has 0 N–H and O–H groups in total. The second-order valence-electron chi connectivity index (χ2n) is 6.99. The summed E-state index contributed by atoms with van der Waals surface area (Å²) in [6.07, 6.45) is 1.60. The first-order chi connectivity index (χ1) is 16.2. The maximum atomic E-state index is 12.4. The molecule has 0 radical (unpaired) electrons. The van der Waals surface area contributed by atoms with Crippen LogP contribution in [0.1, 0.15) is 16.7 Å². The predicted octanol–water partition coefficient (Wildman–Crippen LogP) is 7.14. The van der Waals surface area contributed by atoms with Crippen molar-refractivity contribution < 1.29 is 19.2 Å². The van der Waals surface area contributed by atoms with E-state index in [0.717, 1.165) is 28.5 Å². The lowest BCUT2D eigenvalue weighted by atomic mass is 10.2. The lowest BCUT2D eigenvalue weighted by molar-refractivity contribution is -0.384. The van der Waals surface area contributed by atoms with Gasteiger partial charge in [0.25, 0.3) is 5.69 Å². The summed E-state index contributed by atoms with van der Waals surface area (Å²) in [5, 5.41) is 11.1. The molecule has 7 nitrogen and oxygen atoms in total. The fraction of sp³-hybridized carbons (Fsp3) is 0.0435. The number of nitro groups is 1. The number of nitrogens with zero attached hydrogens (tertiary/aromatic N) is 2. The quantitative estimate of drug-likeness (QED) is 0.0876. The Morgan fingerprint density at radius 2 is 1.79 bits per heavy atom. The van der Waals surface area contributed by atoms with E-state index < -0.39 is 10.9 Å². The van der Waals surface area contributed by atoms with E-state index in [1.165, 1.54) is 18.2 Å². The van der Waals surface area contributed by atoms with E-state index in [2.05, 4.69) is 66.1 Å². The molecule has 0 saturated heterocycles. The van der Waals surface area contributed by atoms with E-state index in [1.807, 2.05) is 36.4 Å². The standard InChI is InChI=1S/C23H12BrClI2N2O5/c24-15-4-1-12(2-5-15)11-33-21-17(26)7-13(8-18(21)27)9-19-23(30)34-22(28-19)14-3-6-16(25)20(10-14)29(31)32/h1-10H,11H2/b19-9-. The molecule has 0 saturated carbocycles. The largest absolute Gasteiger partial charge is 0.487 e. The average molecular weight is 766 g/mol. The number of ether oxygens (including phenoxy) is 2. The zero-order valence-electron chi connectivity index (χ0n) is 16.9. The Kier molecular flexibility index (Phi) is 7.90. The maximum absolute atomic E-state index is 12.4. The van der Waals surface area contributed by atoms with Gasteiger partial charge in [0.1, 0.15) is 17.4 Å². The number of hydrogen-bond donors (Lipinski definition) is 0. The van der Waals surface area contributed by atoms with Crippen molar-refractivity contribution in [2.75, 3.05) is 0 Å². The molecule has 0 amide bonds. The molecule has 0 unspecified atom stereocenters. The molecule has 3 aromatic carbocycles. The van der Waals surface area contributed by atoms with Gasteiger partial charge in [0, 0.05) is 16.1 Å². The molecule has 0 spiro atoms. The highest BCUT2D eigenvalue weighted by Crippen LogP contribution is 2.32. The van der Waals surface area contributed by atoms with Crippen LogP contribution in [0.4, 0.5) is 5.69 Å². The smallest absolute Gasteiger partial charge is 0.363 e. The van der Waals surface area contributed by atoms with Gasteiger partial charge in [-0.25, -0.2) is 9.79 Å². The topological polar surface area (TPSA) is 91.0 Å². The van der Waals surface area contributed by atoms with Crippen LogP contribution in [-0.2, 0) is 16.1 Å². The molecule has 0 bridgehead atoms. The van der Waals surface area contributed by atoms with Gasteiger partial charge in [-0.05, 0) is 98.8 Å². The number of aliphatic imine (C=N–C) groups is 1. The summed E-state index contributed by atoms with van der Waals surface area (Å²) in [7, 11) is 0. The number of hydrogen-bond acceptors (Lipinski definition) is 6. The van der Waals surface area contributed by atoms with Crippen molar-refractivity contribution in [3.8, 4) is 5.75 Å². The second-order valence-corrected chi connectivity index (χ2v) is 10.6. The van der Waals surface area contributed by atoms with Crippen LogP contribution in [0.15, 0.2) is 69.8 Å². The third-order valence-electron chi connectivity index (χ3n) is 4.63. The Hall–Kier alpha value is -2.03. The van der Waals surface area contributed by atoms with Crippen LogP contribution in [0.3, 0.4) is 0 Å². The van der Waals surface area contributed by atoms with Crippen LogP contribution < -0.4 is 4.74 Å². The van der Waals surface area contributed by atoms with Crippen LogP contribution in [0.5, 0.6) is 5.75 Å². The maximum Gasteiger partial charge on any atom is 0.363 e. The van der Waals surface area contributed by atoms with E-state index in [0.29, 0.717) is 6.61 Å². The van der Waals surface area contributed by atoms with E-state index in [9.17, 15) is 14.9 Å². The van der Waals surface area contributed by atoms with Crippen LogP contribution >= 0.6 is 72.7 Å². The van der Waals surface area contributed by atoms with Crippen molar-refractivity contribution in [3.63, 3.8) is 0 Å². The van der Waals surface area contributed by atoms with Gasteiger partial charge in [-0.15, -0.1) is 0 Å². The molecule has 1 aliphatic heterocycles. The molecule has 4 rings (SSSR count). The summed E-state index contributed by atoms with van der Waals surface area (Å²) in [6.45, 7) is 0.424. The van der Waals surface area contributed by atoms with Gasteiger partial charge in [0.15, 0.2) is 5.70 Å². The normalized spacial score (nSPS) is 14.2. The van der Waals surface area contributed by atoms with Gasteiger partial charge >= 0.3 is 5.97 Å². The van der Waals surface area contributed by atoms with Gasteiger partial charge < -0.3 is 9.47 Å². The third-order valence-corrected chi connectivity index (χ3v) is 7.08. The van der Waals surface area contributed by atoms with Crippen LogP contribution in [-0.4, -0.2) is 16.8 Å². The van der Waals surface area contributed by atoms with Gasteiger partial charge in [0.2, 0.25) is 5.90 Å². The summed E-state index contributed by atoms with van der Waals surface area (Å²) < 4.78 is 14.0. The van der Waals surface area contributed by atoms with Crippen molar-refractivity contribution in [2.24, 2.45) is 4.99 Å². The Labute approximate surface area is 234 Å². The summed E-state index contributed by atoms with van der Waals surface area (Å²) in [5.74, 6) is 0.0842. The van der Waals surface area contributed by atoms with Gasteiger partial charge in [-0.1, -0.05) is 39.7 Å². The molecule has 0 aromatic heterocycles. The Morgan fingerprint density at radius 3 is 2.44 bits per heavy atom. The van der Waals surface area contributed by atoms with Gasteiger partial charge in [-0.3, -0.25) is 10.1 Å². The first-order valence-electron chi connectivity index (χ1n) is 9.54. The minimum Gasteiger partial charge on any atom is -0.487 e. The number of nitro benzene ring substituents is 1. The second kappa shape index (κ2) is 10.7. The van der Waals surface area contributed by atoms with Crippen molar-refractivity contribution >= 4 is 96.3 Å². The molecule has 0 atom stereocenters. The first-order valence-corrected chi connectivity index (χ1v) is 12.9. The van der Waals surface area contributed by atoms with Crippen molar-refractivity contribution in [1.29, 1.82) is 0 Å². The van der Waals surface area contributed by atoms with Crippen molar-refractivity contribution in [2.45, 2.75) is 6.61 Å². The van der Waals surface area contributed by atoms with Crippen molar-refractivity contribution in [3.05, 3.63) is 104 Å². The number of esters is 1. The van der Waals surface area contributed by atoms with Crippen LogP contribution in [0.2, 0.25) is 5.02 Å². The molecule has 11 heteroatoms. The summed E-state index contributed by atoms with van der Waals surface area (Å²) in [5.41, 5.74) is 1.86. The minimum absolute atomic E-state index is 0.0129. The molecule has 34 heavy (non-hydrogen) atoms. The number of halogens is 4. The minimum atomic E-state index is -0.645. The van der Waals surface area contributed by atoms with Gasteiger partial charge in [0.05, 0.1) is 12.1 Å². The number of carbonyl (C=O) groups excluding carboxylic acids is 1. The third kappa shape index (κ3) is 5.78. The van der Waals surface area contributed by atoms with Gasteiger partial charge in [-0.2, -0.15) is 0 Å². The highest BCUT2D eigenvalue weighted by molar-refractivity contribution is 14.1. The highest BCUT2D eigenvalue weighted by Gasteiger charge is 2.26. The first kappa shape index (κ1) is 25.1. The summed E-state index contributed by atoms with van der Waals surface area (Å²) in [6, 6.07) is 15.7. The Morgan fingerprint density at radius 1 is 1.12 bits per heavy atom. The number of rotatable bonds is 6. The zero-order chi connectivity index (χ0) is 24.4. The van der Waals surface area contributed by atoms with E-state index in [1.54, 1.807) is 6.08 Å². The van der Waals surface area contributed by atoms with Crippen LogP contribution in [0.25, 0.3) is 6.08 Å². The Balaban J connectivity index is 1.57. The monoisotopic (exact) mass is 764 g/mol. The molecule has 1 heterocycles. The lowest BCUT2D eigenvalue weighted by Crippen LogP contribution is -2.06. The van der Waals surface area contributed by atoms with E-state index >= 15 is 0 Å². The van der Waals surface area contributed by atoms with E-state index in [-0.39, 0.29) is 27.9 Å². The fourth-order valence-corrected chi connectivity index (χ4v) is 5.59. The molecule has 0 fully saturated rings. The molecule has 0 aliphatic carbocycles.